The lowest BCUT2D eigenvalue weighted by atomic mass is 10.0. The van der Waals surface area contributed by atoms with Gasteiger partial charge in [-0.25, -0.2) is 4.39 Å². The number of hydrogen-bond donors (Lipinski definition) is 2. The van der Waals surface area contributed by atoms with Crippen LogP contribution in [-0.4, -0.2) is 34.3 Å². The van der Waals surface area contributed by atoms with Crippen molar-refractivity contribution in [3.63, 3.8) is 0 Å². The summed E-state index contributed by atoms with van der Waals surface area (Å²) < 4.78 is 21.4. The van der Waals surface area contributed by atoms with Gasteiger partial charge in [-0.15, -0.1) is 0 Å². The van der Waals surface area contributed by atoms with Crippen molar-refractivity contribution in [2.24, 2.45) is 11.7 Å². The number of methoxy groups -OCH3 is 1. The summed E-state index contributed by atoms with van der Waals surface area (Å²) in [6.07, 6.45) is 1.38. The van der Waals surface area contributed by atoms with Crippen LogP contribution in [0.4, 0.5) is 4.39 Å². The molecule has 2 aromatic heterocycles. The first kappa shape index (κ1) is 22.7. The summed E-state index contributed by atoms with van der Waals surface area (Å²) >= 11 is 5.88. The van der Waals surface area contributed by atoms with Gasteiger partial charge in [0.25, 0.3) is 5.91 Å². The number of amides is 1. The van der Waals surface area contributed by atoms with Crippen LogP contribution in [-0.2, 0) is 6.42 Å². The van der Waals surface area contributed by atoms with Crippen molar-refractivity contribution in [3.05, 3.63) is 68.2 Å². The Balaban J connectivity index is 2.32. The zero-order valence-electron chi connectivity index (χ0n) is 17.4. The lowest BCUT2D eigenvalue weighted by Gasteiger charge is -2.24. The van der Waals surface area contributed by atoms with E-state index in [9.17, 15) is 19.1 Å². The monoisotopic (exact) mass is 447 g/mol. The molecule has 7 nitrogen and oxygen atoms in total. The minimum Gasteiger partial charge on any atom is -0.481 e. The van der Waals surface area contributed by atoms with Gasteiger partial charge in [0.1, 0.15) is 17.0 Å². The van der Waals surface area contributed by atoms with Crippen LogP contribution in [0.3, 0.4) is 0 Å². The molecule has 164 valence electrons. The first-order valence-electron chi connectivity index (χ1n) is 9.65. The van der Waals surface area contributed by atoms with Crippen molar-refractivity contribution in [2.75, 3.05) is 13.7 Å². The lowest BCUT2D eigenvalue weighted by molar-refractivity contribution is 0.0997. The summed E-state index contributed by atoms with van der Waals surface area (Å²) in [5, 5.41) is 10.0. The normalized spacial score (nSPS) is 12.4. The molecule has 31 heavy (non-hydrogen) atoms. The molecule has 3 aromatic rings. The maximum atomic E-state index is 14.4. The maximum absolute atomic E-state index is 14.4. The van der Waals surface area contributed by atoms with Gasteiger partial charge in [-0.3, -0.25) is 9.59 Å². The summed E-state index contributed by atoms with van der Waals surface area (Å²) in [6, 6.07) is 5.68. The Morgan fingerprint density at radius 1 is 1.35 bits per heavy atom. The Bertz CT molecular complexity index is 1210. The second-order valence-electron chi connectivity index (χ2n) is 7.56. The molecule has 1 aromatic carbocycles. The molecule has 0 aliphatic rings. The highest BCUT2D eigenvalue weighted by atomic mass is 35.5. The third kappa shape index (κ3) is 4.26. The molecule has 2 heterocycles. The van der Waals surface area contributed by atoms with Crippen molar-refractivity contribution >= 4 is 28.5 Å². The maximum Gasteiger partial charge on any atom is 0.254 e. The first-order chi connectivity index (χ1) is 14.7. The number of aliphatic hydroxyl groups excluding tert-OH is 1. The number of pyridine rings is 2. The highest BCUT2D eigenvalue weighted by Crippen LogP contribution is 2.29. The molecule has 3 rings (SSSR count). The molecule has 0 radical (unpaired) electrons. The minimum absolute atomic E-state index is 0.0219. The largest absolute Gasteiger partial charge is 0.481 e. The number of carbonyl (C=O) groups excluding carboxylic acids is 1. The minimum atomic E-state index is -0.889. The van der Waals surface area contributed by atoms with Crippen LogP contribution in [0.15, 0.2) is 35.3 Å². The average Bonchev–Trinajstić information content (AvgIpc) is 2.72. The average molecular weight is 448 g/mol. The van der Waals surface area contributed by atoms with Gasteiger partial charge in [0.05, 0.1) is 30.2 Å². The Morgan fingerprint density at radius 2 is 2.06 bits per heavy atom. The molecule has 1 atom stereocenters. The summed E-state index contributed by atoms with van der Waals surface area (Å²) in [7, 11) is 1.41. The molecule has 1 amide bonds. The van der Waals surface area contributed by atoms with Crippen LogP contribution in [0, 0.1) is 11.7 Å². The predicted molar refractivity (Wildman–Crippen MR) is 116 cm³/mol. The zero-order chi connectivity index (χ0) is 22.9. The highest BCUT2D eigenvalue weighted by Gasteiger charge is 2.23. The number of aromatic nitrogens is 2. The molecule has 9 heteroatoms. The summed E-state index contributed by atoms with van der Waals surface area (Å²) in [5.41, 5.74) is 5.57. The van der Waals surface area contributed by atoms with E-state index >= 15 is 0 Å². The van der Waals surface area contributed by atoms with Crippen LogP contribution in [0.5, 0.6) is 5.88 Å². The predicted octanol–water partition coefficient (Wildman–Crippen LogP) is 3.08. The number of aliphatic hydroxyl groups is 1. The molecule has 0 fully saturated rings. The van der Waals surface area contributed by atoms with Gasteiger partial charge in [-0.1, -0.05) is 37.6 Å². The van der Waals surface area contributed by atoms with Crippen LogP contribution in [0.1, 0.15) is 41.4 Å². The number of halogens is 2. The standard InChI is InChI=1S/C22H23ClFN3O4/c1-11(2)17(10-28)27-9-15(20(25)30)19(29)14-8-13(22(31-3)26-21(14)27)7-12-5-4-6-16(23)18(12)24/h4-6,8-9,11,17,28H,7,10H2,1-3H3,(H2,25,30)/t17-/m1/s1. The van der Waals surface area contributed by atoms with Crippen molar-refractivity contribution in [3.8, 4) is 5.88 Å². The first-order valence-corrected chi connectivity index (χ1v) is 10.0. The number of nitrogens with two attached hydrogens (primary N) is 1. The molecular weight excluding hydrogens is 425 g/mol. The smallest absolute Gasteiger partial charge is 0.254 e. The lowest BCUT2D eigenvalue weighted by Crippen LogP contribution is -2.28. The van der Waals surface area contributed by atoms with Crippen molar-refractivity contribution in [1.29, 1.82) is 0 Å². The Morgan fingerprint density at radius 3 is 2.65 bits per heavy atom. The number of nitrogens with zero attached hydrogens (tertiary/aromatic N) is 2. The van der Waals surface area contributed by atoms with Crippen LogP contribution in [0.25, 0.3) is 11.0 Å². The van der Waals surface area contributed by atoms with E-state index in [1.54, 1.807) is 16.7 Å². The van der Waals surface area contributed by atoms with Gasteiger partial charge in [0.2, 0.25) is 11.3 Å². The van der Waals surface area contributed by atoms with Gasteiger partial charge in [0.15, 0.2) is 0 Å². The van der Waals surface area contributed by atoms with E-state index in [0.29, 0.717) is 11.1 Å². The summed E-state index contributed by atoms with van der Waals surface area (Å²) in [4.78, 5) is 29.4. The third-order valence-corrected chi connectivity index (χ3v) is 5.52. The van der Waals surface area contributed by atoms with E-state index in [1.165, 1.54) is 25.4 Å². The number of fused-ring (bicyclic) bond motifs is 1. The molecular formula is C22H23ClFN3O4. The number of primary amides is 1. The second-order valence-corrected chi connectivity index (χ2v) is 7.96. The fourth-order valence-corrected chi connectivity index (χ4v) is 3.73. The highest BCUT2D eigenvalue weighted by molar-refractivity contribution is 6.30. The van der Waals surface area contributed by atoms with E-state index in [0.717, 1.165) is 0 Å². The van der Waals surface area contributed by atoms with E-state index in [4.69, 9.17) is 22.1 Å². The van der Waals surface area contributed by atoms with E-state index in [-0.39, 0.29) is 46.4 Å². The number of rotatable bonds is 7. The van der Waals surface area contributed by atoms with Crippen LogP contribution in [0.2, 0.25) is 5.02 Å². The Hall–Kier alpha value is -2.97. The second kappa shape index (κ2) is 9.03. The van der Waals surface area contributed by atoms with Gasteiger partial charge in [-0.2, -0.15) is 4.98 Å². The van der Waals surface area contributed by atoms with Crippen molar-refractivity contribution in [1.82, 2.24) is 9.55 Å². The Kier molecular flexibility index (Phi) is 6.62. The topological polar surface area (TPSA) is 107 Å². The fourth-order valence-electron chi connectivity index (χ4n) is 3.54. The van der Waals surface area contributed by atoms with Crippen molar-refractivity contribution < 1.29 is 19.0 Å². The quantitative estimate of drug-likeness (QED) is 0.578. The number of ether oxygens (including phenoxy) is 1. The van der Waals surface area contributed by atoms with Crippen molar-refractivity contribution in [2.45, 2.75) is 26.3 Å². The fraction of sp³-hybridized carbons (Fsp3) is 0.318. The van der Waals surface area contributed by atoms with Gasteiger partial charge >= 0.3 is 0 Å². The van der Waals surface area contributed by atoms with Gasteiger partial charge in [0, 0.05) is 18.2 Å². The number of hydrogen-bond acceptors (Lipinski definition) is 5. The summed E-state index contributed by atoms with van der Waals surface area (Å²) in [5.74, 6) is -1.31. The molecule has 3 N–H and O–H groups in total. The molecule has 0 spiro atoms. The van der Waals surface area contributed by atoms with Crippen LogP contribution < -0.4 is 15.9 Å². The Labute approximate surface area is 183 Å². The number of benzene rings is 1. The zero-order valence-corrected chi connectivity index (χ0v) is 18.1. The van der Waals surface area contributed by atoms with E-state index < -0.39 is 23.2 Å². The van der Waals surface area contributed by atoms with Gasteiger partial charge < -0.3 is 20.1 Å². The van der Waals surface area contributed by atoms with Crippen LogP contribution >= 0.6 is 11.6 Å². The molecule has 0 unspecified atom stereocenters. The summed E-state index contributed by atoms with van der Waals surface area (Å²) in [6.45, 7) is 3.54. The van der Waals surface area contributed by atoms with E-state index in [2.05, 4.69) is 4.98 Å². The molecule has 0 aliphatic carbocycles. The molecule has 0 saturated heterocycles. The molecule has 0 bridgehead atoms. The SMILES string of the molecule is COc1nc2c(cc1Cc1cccc(Cl)c1F)c(=O)c(C(N)=O)cn2[C@H](CO)C(C)C. The number of carbonyl (C=O) groups is 1. The van der Waals surface area contributed by atoms with Gasteiger partial charge in [-0.05, 0) is 23.6 Å². The molecule has 0 saturated carbocycles. The van der Waals surface area contributed by atoms with E-state index in [1.807, 2.05) is 13.8 Å². The molecule has 0 aliphatic heterocycles. The third-order valence-electron chi connectivity index (χ3n) is 5.23.